The van der Waals surface area contributed by atoms with Crippen LogP contribution in [0.2, 0.25) is 0 Å². The molecule has 2 heterocycles. The second-order valence-electron chi connectivity index (χ2n) is 16.7. The van der Waals surface area contributed by atoms with Crippen molar-refractivity contribution in [2.45, 2.75) is 105 Å². The van der Waals surface area contributed by atoms with E-state index in [0.29, 0.717) is 11.8 Å². The van der Waals surface area contributed by atoms with Crippen LogP contribution in [0.15, 0.2) is 94.5 Å². The summed E-state index contributed by atoms with van der Waals surface area (Å²) in [5, 5.41) is 8.07. The summed E-state index contributed by atoms with van der Waals surface area (Å²) < 4.78 is 5.82. The molecule has 6 aromatic rings. The molecule has 4 bridgehead atoms. The Balaban J connectivity index is 0.000000153. The minimum absolute atomic E-state index is 0. The van der Waals surface area contributed by atoms with Gasteiger partial charge in [0.25, 0.3) is 11.1 Å². The summed E-state index contributed by atoms with van der Waals surface area (Å²) in [6.45, 7) is 14.0. The molecule has 0 amide bonds. The van der Waals surface area contributed by atoms with E-state index in [4.69, 9.17) is 0 Å². The summed E-state index contributed by atoms with van der Waals surface area (Å²) in [5.41, 5.74) is 7.24. The van der Waals surface area contributed by atoms with Crippen LogP contribution in [-0.2, 0) is 17.9 Å². The van der Waals surface area contributed by atoms with Crippen LogP contribution in [0.4, 0.5) is 0 Å². The molecule has 51 heavy (non-hydrogen) atoms. The number of hydrogen-bond donors (Lipinski definition) is 1. The van der Waals surface area contributed by atoms with Crippen molar-refractivity contribution in [1.29, 1.82) is 0 Å². The predicted octanol–water partition coefficient (Wildman–Crippen LogP) is 10.3. The molecule has 4 atom stereocenters. The average molecular weight is 683 g/mol. The van der Waals surface area contributed by atoms with E-state index in [1.807, 2.05) is 47.1 Å². The number of aromatic nitrogens is 4. The van der Waals surface area contributed by atoms with Crippen molar-refractivity contribution in [3.63, 3.8) is 0 Å². The van der Waals surface area contributed by atoms with Gasteiger partial charge in [0.05, 0.1) is 17.1 Å². The van der Waals surface area contributed by atoms with E-state index in [2.05, 4.69) is 101 Å². The Bertz CT molecular complexity index is 2460. The minimum atomic E-state index is 0. The van der Waals surface area contributed by atoms with Crippen molar-refractivity contribution in [1.82, 2.24) is 19.1 Å². The lowest BCUT2D eigenvalue weighted by molar-refractivity contribution is 0.218. The molecule has 1 N–H and O–H groups in total. The van der Waals surface area contributed by atoms with Crippen LogP contribution in [0.1, 0.15) is 116 Å². The standard InChI is InChI=1S/C22H24N2O.C21H22N2O.2CH4/c1-21(2)16-12-13-22(21,3)19-18(16)20(25)24(23(19)4)17-11-7-9-14-8-5-6-10-15(14)17;1-20(2)15-11-12-21(20,3)18-17(15)19(24)23(22-18)16-10-6-8-13-7-4-5-9-14(13)16;;/h5-11,16H,12-13H2,1-4H3;4-10,15,22H,11-12H2,1-3H3;2*1H4/t16-,22+;15-,21+;;/m11../s1. The number of aromatic amines is 1. The van der Waals surface area contributed by atoms with Gasteiger partial charge in [0.15, 0.2) is 0 Å². The highest BCUT2D eigenvalue weighted by atomic mass is 16.1. The maximum Gasteiger partial charge on any atom is 0.275 e. The number of rotatable bonds is 2. The van der Waals surface area contributed by atoms with Crippen LogP contribution in [0.3, 0.4) is 0 Å². The molecule has 6 nitrogen and oxygen atoms in total. The first-order valence-corrected chi connectivity index (χ1v) is 18.0. The largest absolute Gasteiger partial charge is 0.294 e. The third kappa shape index (κ3) is 4.16. The number of H-pyrrole nitrogens is 1. The van der Waals surface area contributed by atoms with Gasteiger partial charge in [-0.3, -0.25) is 19.4 Å². The van der Waals surface area contributed by atoms with Gasteiger partial charge in [0.1, 0.15) is 0 Å². The van der Waals surface area contributed by atoms with E-state index in [1.165, 1.54) is 23.2 Å². The fourth-order valence-electron chi connectivity index (χ4n) is 10.9. The Labute approximate surface area is 302 Å². The lowest BCUT2D eigenvalue weighted by Crippen LogP contribution is -2.35. The van der Waals surface area contributed by atoms with E-state index in [9.17, 15) is 9.59 Å². The molecule has 4 aliphatic carbocycles. The van der Waals surface area contributed by atoms with Gasteiger partial charge in [0, 0.05) is 45.5 Å². The van der Waals surface area contributed by atoms with Gasteiger partial charge < -0.3 is 0 Å². The fourth-order valence-corrected chi connectivity index (χ4v) is 10.9. The summed E-state index contributed by atoms with van der Waals surface area (Å²) >= 11 is 0. The molecule has 10 rings (SSSR count). The summed E-state index contributed by atoms with van der Waals surface area (Å²) in [5.74, 6) is 0.750. The zero-order valence-corrected chi connectivity index (χ0v) is 29.7. The van der Waals surface area contributed by atoms with Crippen LogP contribution in [-0.4, -0.2) is 19.1 Å². The average Bonchev–Trinajstić information content (AvgIpc) is 3.80. The molecule has 0 spiro atoms. The molecule has 6 heteroatoms. The summed E-state index contributed by atoms with van der Waals surface area (Å²) in [7, 11) is 2.06. The van der Waals surface area contributed by atoms with E-state index in [-0.39, 0.29) is 47.6 Å². The number of fused-ring (bicyclic) bond motifs is 12. The van der Waals surface area contributed by atoms with Crippen LogP contribution in [0.5, 0.6) is 0 Å². The van der Waals surface area contributed by atoms with Crippen molar-refractivity contribution in [2.24, 2.45) is 17.9 Å². The third-order valence-corrected chi connectivity index (χ3v) is 14.5. The molecular formula is C45H54N4O2. The molecule has 0 saturated heterocycles. The summed E-state index contributed by atoms with van der Waals surface area (Å²) in [4.78, 5) is 26.7. The first-order chi connectivity index (χ1) is 23.3. The van der Waals surface area contributed by atoms with Crippen LogP contribution in [0.25, 0.3) is 32.9 Å². The highest BCUT2D eigenvalue weighted by Gasteiger charge is 2.63. The molecule has 4 aliphatic rings. The van der Waals surface area contributed by atoms with Crippen molar-refractivity contribution < 1.29 is 0 Å². The number of nitrogens with zero attached hydrogens (tertiary/aromatic N) is 3. The summed E-state index contributed by atoms with van der Waals surface area (Å²) in [6.07, 6.45) is 4.59. The maximum absolute atomic E-state index is 13.5. The van der Waals surface area contributed by atoms with Gasteiger partial charge in [-0.15, -0.1) is 0 Å². The van der Waals surface area contributed by atoms with Gasteiger partial charge in [-0.05, 0) is 71.3 Å². The minimum Gasteiger partial charge on any atom is -0.294 e. The Morgan fingerprint density at radius 3 is 1.69 bits per heavy atom. The Morgan fingerprint density at radius 1 is 0.608 bits per heavy atom. The molecule has 4 aromatic carbocycles. The van der Waals surface area contributed by atoms with Gasteiger partial charge in [-0.25, -0.2) is 9.36 Å². The molecule has 0 aliphatic heterocycles. The quantitative estimate of drug-likeness (QED) is 0.198. The zero-order valence-electron chi connectivity index (χ0n) is 29.7. The number of hydrogen-bond acceptors (Lipinski definition) is 2. The molecule has 2 fully saturated rings. The van der Waals surface area contributed by atoms with Crippen molar-refractivity contribution in [3.8, 4) is 11.4 Å². The van der Waals surface area contributed by atoms with E-state index in [0.717, 1.165) is 57.9 Å². The van der Waals surface area contributed by atoms with Crippen LogP contribution in [0, 0.1) is 10.8 Å². The SMILES string of the molecule is C.C.CC1(C)[C@@H]2CC[C@@]1(C)c1[nH]n(-c3cccc4ccccc34)c(=O)c12.Cn1c2c(c(=O)n1-c1cccc3ccccc13)[C@H]1CC[C@]2(C)C1(C)C. The molecule has 0 unspecified atom stereocenters. The van der Waals surface area contributed by atoms with Crippen molar-refractivity contribution in [3.05, 3.63) is 128 Å². The van der Waals surface area contributed by atoms with Gasteiger partial charge in [-0.2, -0.15) is 0 Å². The maximum atomic E-state index is 13.5. The fraction of sp³-hybridized carbons (Fsp3) is 0.422. The number of nitrogens with one attached hydrogen (secondary N) is 1. The Kier molecular flexibility index (Phi) is 7.66. The first kappa shape index (κ1) is 34.9. The van der Waals surface area contributed by atoms with Crippen molar-refractivity contribution >= 4 is 21.5 Å². The predicted molar refractivity (Wildman–Crippen MR) is 212 cm³/mol. The Hall–Kier alpha value is -4.58. The van der Waals surface area contributed by atoms with Gasteiger partial charge in [0.2, 0.25) is 0 Å². The topological polar surface area (TPSA) is 64.7 Å². The lowest BCUT2D eigenvalue weighted by Gasteiger charge is -2.36. The smallest absolute Gasteiger partial charge is 0.275 e. The first-order valence-electron chi connectivity index (χ1n) is 18.0. The van der Waals surface area contributed by atoms with Crippen LogP contribution < -0.4 is 11.1 Å². The zero-order chi connectivity index (χ0) is 34.2. The van der Waals surface area contributed by atoms with E-state index < -0.39 is 0 Å². The Morgan fingerprint density at radius 2 is 1.10 bits per heavy atom. The molecule has 2 saturated carbocycles. The molecule has 266 valence electrons. The molecular weight excluding hydrogens is 629 g/mol. The lowest BCUT2D eigenvalue weighted by atomic mass is 9.70. The number of benzene rings is 4. The molecule has 2 aromatic heterocycles. The normalized spacial score (nSPS) is 25.5. The molecule has 0 radical (unpaired) electrons. The summed E-state index contributed by atoms with van der Waals surface area (Å²) in [6, 6.07) is 28.9. The third-order valence-electron chi connectivity index (χ3n) is 14.5. The van der Waals surface area contributed by atoms with E-state index in [1.54, 1.807) is 4.68 Å². The van der Waals surface area contributed by atoms with E-state index >= 15 is 0 Å². The van der Waals surface area contributed by atoms with Crippen molar-refractivity contribution in [2.75, 3.05) is 0 Å². The second-order valence-corrected chi connectivity index (χ2v) is 16.7. The highest BCUT2D eigenvalue weighted by Crippen LogP contribution is 2.67. The van der Waals surface area contributed by atoms with Gasteiger partial charge >= 0.3 is 0 Å². The van der Waals surface area contributed by atoms with Gasteiger partial charge in [-0.1, -0.05) is 129 Å². The monoisotopic (exact) mass is 682 g/mol. The van der Waals surface area contributed by atoms with Crippen LogP contribution >= 0.6 is 0 Å². The highest BCUT2D eigenvalue weighted by molar-refractivity contribution is 5.91. The second kappa shape index (κ2) is 11.2.